The van der Waals surface area contributed by atoms with E-state index < -0.39 is 11.3 Å². The van der Waals surface area contributed by atoms with Gasteiger partial charge in [-0.25, -0.2) is 9.59 Å². The lowest BCUT2D eigenvalue weighted by Crippen LogP contribution is -2.13. The zero-order valence-electron chi connectivity index (χ0n) is 17.9. The predicted octanol–water partition coefficient (Wildman–Crippen LogP) is 6.98. The molecule has 4 heteroatoms. The van der Waals surface area contributed by atoms with Gasteiger partial charge in [0.25, 0.3) is 0 Å². The molecule has 4 nitrogen and oxygen atoms in total. The molecule has 34 heavy (non-hydrogen) atoms. The Morgan fingerprint density at radius 3 is 1.71 bits per heavy atom. The molecule has 0 N–H and O–H groups in total. The van der Waals surface area contributed by atoms with Crippen LogP contribution < -0.4 is 11.3 Å². The first-order chi connectivity index (χ1) is 16.7. The van der Waals surface area contributed by atoms with Crippen molar-refractivity contribution in [3.63, 3.8) is 0 Å². The Balaban J connectivity index is 1.86. The summed E-state index contributed by atoms with van der Waals surface area (Å²) in [4.78, 5) is 25.8. The van der Waals surface area contributed by atoms with E-state index in [0.29, 0.717) is 21.7 Å². The first-order valence-corrected chi connectivity index (χ1v) is 11.0. The van der Waals surface area contributed by atoms with Gasteiger partial charge < -0.3 is 8.83 Å². The van der Waals surface area contributed by atoms with Crippen LogP contribution in [0.1, 0.15) is 0 Å². The van der Waals surface area contributed by atoms with Gasteiger partial charge in [0, 0.05) is 27.1 Å². The van der Waals surface area contributed by atoms with Gasteiger partial charge in [0.1, 0.15) is 11.2 Å². The monoisotopic (exact) mass is 440 g/mol. The Bertz CT molecular complexity index is 1950. The van der Waals surface area contributed by atoms with Crippen molar-refractivity contribution < 1.29 is 8.83 Å². The topological polar surface area (TPSA) is 60.4 Å². The summed E-state index contributed by atoms with van der Waals surface area (Å²) in [6, 6.07) is 31.2. The Morgan fingerprint density at radius 1 is 0.471 bits per heavy atom. The fourth-order valence-corrected chi connectivity index (χ4v) is 5.06. The van der Waals surface area contributed by atoms with Gasteiger partial charge in [0.05, 0.1) is 10.8 Å². The molecule has 0 spiro atoms. The van der Waals surface area contributed by atoms with E-state index in [1.807, 2.05) is 91.0 Å². The summed E-state index contributed by atoms with van der Waals surface area (Å²) < 4.78 is 11.7. The number of rotatable bonds is 2. The van der Waals surface area contributed by atoms with Crippen molar-refractivity contribution in [2.75, 3.05) is 0 Å². The van der Waals surface area contributed by atoms with Gasteiger partial charge in [-0.05, 0) is 34.9 Å². The van der Waals surface area contributed by atoms with E-state index in [1.165, 1.54) is 0 Å². The normalized spacial score (nSPS) is 11.8. The number of fused-ring (bicyclic) bond motifs is 2. The second-order valence-electron chi connectivity index (χ2n) is 8.40. The fraction of sp³-hybridized carbons (Fsp3) is 0. The SMILES string of the molecule is O=c1oc(=O)c2cc(-c3ccccc3)c3c4ccccc4oc4c(-c5ccccc5)cc1c2c43. The van der Waals surface area contributed by atoms with Gasteiger partial charge in [0.2, 0.25) is 0 Å². The summed E-state index contributed by atoms with van der Waals surface area (Å²) >= 11 is 0. The molecule has 0 aliphatic carbocycles. The molecule has 5 aromatic carbocycles. The molecule has 7 aromatic rings. The van der Waals surface area contributed by atoms with Crippen molar-refractivity contribution in [3.8, 4) is 22.3 Å². The molecule has 2 heterocycles. The zero-order chi connectivity index (χ0) is 22.8. The average molecular weight is 440 g/mol. The molecule has 7 rings (SSSR count). The third-order valence-corrected chi connectivity index (χ3v) is 6.52. The van der Waals surface area contributed by atoms with E-state index in [0.717, 1.165) is 44.0 Å². The smallest absolute Gasteiger partial charge is 0.346 e. The Hall–Kier alpha value is -4.70. The second-order valence-corrected chi connectivity index (χ2v) is 8.40. The predicted molar refractivity (Wildman–Crippen MR) is 136 cm³/mol. The van der Waals surface area contributed by atoms with Gasteiger partial charge in [0.15, 0.2) is 0 Å². The van der Waals surface area contributed by atoms with Gasteiger partial charge in [-0.1, -0.05) is 78.9 Å². The van der Waals surface area contributed by atoms with Crippen LogP contribution in [0.4, 0.5) is 0 Å². The van der Waals surface area contributed by atoms with E-state index in [1.54, 1.807) is 6.07 Å². The van der Waals surface area contributed by atoms with Crippen LogP contribution in [0, 0.1) is 0 Å². The lowest BCUT2D eigenvalue weighted by Gasteiger charge is -2.17. The van der Waals surface area contributed by atoms with Crippen molar-refractivity contribution in [1.82, 2.24) is 0 Å². The first-order valence-electron chi connectivity index (χ1n) is 11.0. The quantitative estimate of drug-likeness (QED) is 0.215. The van der Waals surface area contributed by atoms with Crippen LogP contribution in [-0.4, -0.2) is 0 Å². The summed E-state index contributed by atoms with van der Waals surface area (Å²) in [5, 5.41) is 3.95. The highest BCUT2D eigenvalue weighted by atomic mass is 16.4. The molecule has 0 radical (unpaired) electrons. The van der Waals surface area contributed by atoms with Crippen LogP contribution in [0.5, 0.6) is 0 Å². The van der Waals surface area contributed by atoms with Crippen LogP contribution in [0.25, 0.3) is 65.7 Å². The van der Waals surface area contributed by atoms with Gasteiger partial charge >= 0.3 is 11.3 Å². The third kappa shape index (κ3) is 2.54. The highest BCUT2D eigenvalue weighted by Gasteiger charge is 2.24. The Labute approximate surface area is 192 Å². The molecule has 0 bridgehead atoms. The van der Waals surface area contributed by atoms with Crippen LogP contribution >= 0.6 is 0 Å². The van der Waals surface area contributed by atoms with Crippen molar-refractivity contribution in [2.45, 2.75) is 0 Å². The average Bonchev–Trinajstić information content (AvgIpc) is 2.89. The van der Waals surface area contributed by atoms with Crippen molar-refractivity contribution in [1.29, 1.82) is 0 Å². The molecular formula is C30H16O4. The van der Waals surface area contributed by atoms with Gasteiger partial charge in [-0.2, -0.15) is 0 Å². The third-order valence-electron chi connectivity index (χ3n) is 6.52. The number of hydrogen-bond acceptors (Lipinski definition) is 4. The fourth-order valence-electron chi connectivity index (χ4n) is 5.06. The Morgan fingerprint density at radius 2 is 1.03 bits per heavy atom. The maximum absolute atomic E-state index is 12.9. The largest absolute Gasteiger partial charge is 0.455 e. The Kier molecular flexibility index (Phi) is 3.82. The maximum atomic E-state index is 12.9. The van der Waals surface area contributed by atoms with Crippen molar-refractivity contribution >= 4 is 43.5 Å². The standard InChI is InChI=1S/C30H16O4/c31-29-22-15-20(17-9-3-1-4-10-17)25-19-13-7-8-14-24(19)33-28-21(18-11-5-2-6-12-18)16-23(30(32)34-29)26(22)27(25)28/h1-16H. The van der Waals surface area contributed by atoms with E-state index in [2.05, 4.69) is 0 Å². The lowest BCUT2D eigenvalue weighted by atomic mass is 9.88. The van der Waals surface area contributed by atoms with E-state index in [-0.39, 0.29) is 0 Å². The molecule has 0 aliphatic heterocycles. The van der Waals surface area contributed by atoms with E-state index >= 15 is 0 Å². The highest BCUT2D eigenvalue weighted by molar-refractivity contribution is 6.32. The molecule has 0 aliphatic rings. The summed E-state index contributed by atoms with van der Waals surface area (Å²) in [6.45, 7) is 0. The summed E-state index contributed by atoms with van der Waals surface area (Å²) in [7, 11) is 0. The summed E-state index contributed by atoms with van der Waals surface area (Å²) in [5.41, 5.74) is 3.64. The molecule has 0 saturated heterocycles. The van der Waals surface area contributed by atoms with E-state index in [4.69, 9.17) is 8.83 Å². The highest BCUT2D eigenvalue weighted by Crippen LogP contribution is 2.45. The van der Waals surface area contributed by atoms with Crippen molar-refractivity contribution in [3.05, 3.63) is 118 Å². The van der Waals surface area contributed by atoms with Gasteiger partial charge in [-0.15, -0.1) is 0 Å². The van der Waals surface area contributed by atoms with Gasteiger partial charge in [-0.3, -0.25) is 0 Å². The van der Waals surface area contributed by atoms with Crippen LogP contribution in [0.2, 0.25) is 0 Å². The minimum atomic E-state index is -0.640. The second kappa shape index (κ2) is 6.90. The van der Waals surface area contributed by atoms with Crippen molar-refractivity contribution in [2.24, 2.45) is 0 Å². The molecule has 0 unspecified atom stereocenters. The molecule has 0 saturated carbocycles. The minimum absolute atomic E-state index is 0.371. The molecule has 0 fully saturated rings. The molecule has 0 amide bonds. The molecular weight excluding hydrogens is 424 g/mol. The summed E-state index contributed by atoms with van der Waals surface area (Å²) in [5.74, 6) is 0. The van der Waals surface area contributed by atoms with Crippen LogP contribution in [-0.2, 0) is 0 Å². The van der Waals surface area contributed by atoms with Crippen LogP contribution in [0.3, 0.4) is 0 Å². The number of para-hydroxylation sites is 1. The number of hydrogen-bond donors (Lipinski definition) is 0. The zero-order valence-corrected chi connectivity index (χ0v) is 17.9. The summed E-state index contributed by atoms with van der Waals surface area (Å²) in [6.07, 6.45) is 0. The maximum Gasteiger partial charge on any atom is 0.346 e. The first kappa shape index (κ1) is 18.8. The van der Waals surface area contributed by atoms with Crippen LogP contribution in [0.15, 0.2) is 115 Å². The lowest BCUT2D eigenvalue weighted by molar-refractivity contribution is 0.489. The molecule has 0 atom stereocenters. The molecule has 160 valence electrons. The molecule has 2 aromatic heterocycles. The minimum Gasteiger partial charge on any atom is -0.455 e. The van der Waals surface area contributed by atoms with E-state index in [9.17, 15) is 9.59 Å². The number of benzene rings is 5.